The van der Waals surface area contributed by atoms with Crippen molar-refractivity contribution in [1.29, 1.82) is 0 Å². The predicted octanol–water partition coefficient (Wildman–Crippen LogP) is 5.59. The zero-order chi connectivity index (χ0) is 24.3. The van der Waals surface area contributed by atoms with Crippen molar-refractivity contribution in [1.82, 2.24) is 9.80 Å². The lowest BCUT2D eigenvalue weighted by molar-refractivity contribution is -0.134. The molecule has 0 fully saturated rings. The molecule has 0 aliphatic carbocycles. The van der Waals surface area contributed by atoms with Crippen LogP contribution in [0.1, 0.15) is 68.3 Å². The van der Waals surface area contributed by atoms with Crippen molar-refractivity contribution in [3.8, 4) is 5.75 Å². The Kier molecular flexibility index (Phi) is 9.99. The number of ether oxygens (including phenoxy) is 1. The first-order valence-electron chi connectivity index (χ1n) is 12.8. The van der Waals surface area contributed by atoms with Crippen molar-refractivity contribution in [3.63, 3.8) is 0 Å². The number of hydrogen-bond acceptors (Lipinski definition) is 3. The minimum atomic E-state index is -0.0212. The van der Waals surface area contributed by atoms with E-state index in [1.54, 1.807) is 4.90 Å². The highest BCUT2D eigenvalue weighted by molar-refractivity contribution is 5.96. The van der Waals surface area contributed by atoms with Crippen molar-refractivity contribution >= 4 is 11.8 Å². The molecule has 0 aromatic heterocycles. The van der Waals surface area contributed by atoms with E-state index in [2.05, 4.69) is 30.9 Å². The van der Waals surface area contributed by atoms with E-state index in [1.807, 2.05) is 49.5 Å². The molecule has 2 aromatic carbocycles. The monoisotopic (exact) mass is 464 g/mol. The maximum absolute atomic E-state index is 13.5. The Hall–Kier alpha value is -2.82. The highest BCUT2D eigenvalue weighted by Gasteiger charge is 2.26. The molecule has 5 heteroatoms. The second-order valence-corrected chi connectivity index (χ2v) is 9.80. The van der Waals surface area contributed by atoms with Gasteiger partial charge in [0.2, 0.25) is 5.91 Å². The predicted molar refractivity (Wildman–Crippen MR) is 137 cm³/mol. The van der Waals surface area contributed by atoms with Crippen molar-refractivity contribution in [2.45, 2.75) is 64.8 Å². The Morgan fingerprint density at radius 2 is 1.65 bits per heavy atom. The maximum Gasteiger partial charge on any atom is 0.257 e. The van der Waals surface area contributed by atoms with Gasteiger partial charge in [-0.1, -0.05) is 69.2 Å². The third-order valence-electron chi connectivity index (χ3n) is 6.51. The van der Waals surface area contributed by atoms with Crippen LogP contribution in [0, 0.1) is 5.92 Å². The highest BCUT2D eigenvalue weighted by Crippen LogP contribution is 2.23. The molecular weight excluding hydrogens is 424 g/mol. The van der Waals surface area contributed by atoms with Crippen LogP contribution >= 0.6 is 0 Å². The molecule has 0 bridgehead atoms. The summed E-state index contributed by atoms with van der Waals surface area (Å²) < 4.78 is 6.27. The molecule has 2 amide bonds. The summed E-state index contributed by atoms with van der Waals surface area (Å²) in [7, 11) is 1.86. The van der Waals surface area contributed by atoms with Gasteiger partial charge in [0.1, 0.15) is 12.4 Å². The van der Waals surface area contributed by atoms with Crippen molar-refractivity contribution in [3.05, 3.63) is 65.7 Å². The standard InChI is InChI=1S/C29H40N2O3/c1-23(2)21-25-22-34-27-16-10-9-15-26(27)29(33)30(3)19-11-4-5-12-20-31(25)28(32)18-17-24-13-7-6-8-14-24/h6-10,13-16,23,25H,4-5,11-12,17-22H2,1-3H3/t25-/m0/s1. The number of nitrogens with zero attached hydrogens (tertiary/aromatic N) is 2. The number of carbonyl (C=O) groups is 2. The molecular formula is C29H40N2O3. The number of benzene rings is 2. The second kappa shape index (κ2) is 13.2. The molecule has 1 atom stereocenters. The van der Waals surface area contributed by atoms with Crippen molar-refractivity contribution in [2.24, 2.45) is 5.92 Å². The summed E-state index contributed by atoms with van der Waals surface area (Å²) in [5.41, 5.74) is 1.78. The zero-order valence-corrected chi connectivity index (χ0v) is 21.0. The van der Waals surface area contributed by atoms with Crippen LogP contribution < -0.4 is 4.74 Å². The summed E-state index contributed by atoms with van der Waals surface area (Å²) in [4.78, 5) is 30.3. The molecule has 1 aliphatic heterocycles. The number of amides is 2. The fourth-order valence-electron chi connectivity index (χ4n) is 4.63. The van der Waals surface area contributed by atoms with E-state index in [9.17, 15) is 9.59 Å². The van der Waals surface area contributed by atoms with Crippen LogP contribution in [-0.4, -0.2) is 54.4 Å². The molecule has 0 saturated carbocycles. The van der Waals surface area contributed by atoms with Crippen LogP contribution in [0.15, 0.2) is 54.6 Å². The molecule has 1 aliphatic rings. The molecule has 1 heterocycles. The number of carbonyl (C=O) groups excluding carboxylic acids is 2. The fraction of sp³-hybridized carbons (Fsp3) is 0.517. The van der Waals surface area contributed by atoms with Gasteiger partial charge < -0.3 is 14.5 Å². The summed E-state index contributed by atoms with van der Waals surface area (Å²) in [5, 5.41) is 0. The first kappa shape index (κ1) is 25.8. The summed E-state index contributed by atoms with van der Waals surface area (Å²) in [6, 6.07) is 17.7. The molecule has 184 valence electrons. The van der Waals surface area contributed by atoms with Gasteiger partial charge in [-0.05, 0) is 49.3 Å². The third kappa shape index (κ3) is 7.61. The van der Waals surface area contributed by atoms with Gasteiger partial charge in [-0.25, -0.2) is 0 Å². The first-order valence-corrected chi connectivity index (χ1v) is 12.8. The van der Waals surface area contributed by atoms with E-state index < -0.39 is 0 Å². The van der Waals surface area contributed by atoms with E-state index >= 15 is 0 Å². The van der Waals surface area contributed by atoms with E-state index in [1.165, 1.54) is 5.56 Å². The number of fused-ring (bicyclic) bond motifs is 1. The summed E-state index contributed by atoms with van der Waals surface area (Å²) in [6.45, 7) is 6.24. The largest absolute Gasteiger partial charge is 0.491 e. The van der Waals surface area contributed by atoms with Crippen LogP contribution in [-0.2, 0) is 11.2 Å². The molecule has 0 radical (unpaired) electrons. The minimum absolute atomic E-state index is 0.0103. The number of rotatable bonds is 5. The van der Waals surface area contributed by atoms with Crippen LogP contribution in [0.5, 0.6) is 5.75 Å². The van der Waals surface area contributed by atoms with Gasteiger partial charge in [-0.15, -0.1) is 0 Å². The van der Waals surface area contributed by atoms with E-state index in [0.717, 1.165) is 51.6 Å². The Morgan fingerprint density at radius 3 is 2.38 bits per heavy atom. The average molecular weight is 465 g/mol. The quantitative estimate of drug-likeness (QED) is 0.580. The van der Waals surface area contributed by atoms with Gasteiger partial charge >= 0.3 is 0 Å². The van der Waals surface area contributed by atoms with Crippen LogP contribution in [0.4, 0.5) is 0 Å². The van der Waals surface area contributed by atoms with Gasteiger partial charge in [-0.2, -0.15) is 0 Å². The lowest BCUT2D eigenvalue weighted by atomic mass is 10.0. The van der Waals surface area contributed by atoms with Crippen LogP contribution in [0.3, 0.4) is 0 Å². The number of para-hydroxylation sites is 1. The molecule has 2 aromatic rings. The molecule has 5 nitrogen and oxygen atoms in total. The zero-order valence-electron chi connectivity index (χ0n) is 21.0. The summed E-state index contributed by atoms with van der Waals surface area (Å²) >= 11 is 0. The van der Waals surface area contributed by atoms with Gasteiger partial charge in [0.15, 0.2) is 0 Å². The first-order chi connectivity index (χ1) is 16.5. The van der Waals surface area contributed by atoms with Crippen molar-refractivity contribution in [2.75, 3.05) is 26.7 Å². The Morgan fingerprint density at radius 1 is 0.971 bits per heavy atom. The number of hydrogen-bond donors (Lipinski definition) is 0. The highest BCUT2D eigenvalue weighted by atomic mass is 16.5. The number of aryl methyl sites for hydroxylation is 1. The van der Waals surface area contributed by atoms with Gasteiger partial charge in [0.05, 0.1) is 11.6 Å². The lowest BCUT2D eigenvalue weighted by Gasteiger charge is -2.34. The Labute approximate surface area is 205 Å². The summed E-state index contributed by atoms with van der Waals surface area (Å²) in [6.07, 6.45) is 6.15. The summed E-state index contributed by atoms with van der Waals surface area (Å²) in [5.74, 6) is 1.21. The van der Waals surface area contributed by atoms with Crippen molar-refractivity contribution < 1.29 is 14.3 Å². The van der Waals surface area contributed by atoms with E-state index in [0.29, 0.717) is 30.3 Å². The minimum Gasteiger partial charge on any atom is -0.491 e. The maximum atomic E-state index is 13.5. The van der Waals surface area contributed by atoms with E-state index in [4.69, 9.17) is 4.74 Å². The smallest absolute Gasteiger partial charge is 0.257 e. The van der Waals surface area contributed by atoms with Gasteiger partial charge in [0, 0.05) is 26.6 Å². The molecule has 0 N–H and O–H groups in total. The molecule has 3 rings (SSSR count). The third-order valence-corrected chi connectivity index (χ3v) is 6.51. The lowest BCUT2D eigenvalue weighted by Crippen LogP contribution is -2.45. The second-order valence-electron chi connectivity index (χ2n) is 9.80. The fourth-order valence-corrected chi connectivity index (χ4v) is 4.63. The van der Waals surface area contributed by atoms with Crippen LogP contribution in [0.2, 0.25) is 0 Å². The molecule has 0 unspecified atom stereocenters. The normalized spacial score (nSPS) is 18.2. The van der Waals surface area contributed by atoms with Gasteiger partial charge in [0.25, 0.3) is 5.91 Å². The Balaban J connectivity index is 1.81. The molecule has 34 heavy (non-hydrogen) atoms. The topological polar surface area (TPSA) is 49.9 Å². The van der Waals surface area contributed by atoms with Gasteiger partial charge in [-0.3, -0.25) is 9.59 Å². The molecule has 0 spiro atoms. The molecule has 0 saturated heterocycles. The Bertz CT molecular complexity index is 913. The SMILES string of the molecule is CC(C)C[C@H]1COc2ccccc2C(=O)N(C)CCCCCCN1C(=O)CCc1ccccc1. The van der Waals surface area contributed by atoms with Crippen LogP contribution in [0.25, 0.3) is 0 Å². The van der Waals surface area contributed by atoms with E-state index in [-0.39, 0.29) is 17.9 Å². The average Bonchev–Trinajstić information content (AvgIpc) is 2.84.